The quantitative estimate of drug-likeness (QED) is 0.833. The summed E-state index contributed by atoms with van der Waals surface area (Å²) in [5.74, 6) is -1.18. The third kappa shape index (κ3) is 4.76. The van der Waals surface area contributed by atoms with Crippen LogP contribution in [0.25, 0.3) is 0 Å². The van der Waals surface area contributed by atoms with E-state index in [2.05, 4.69) is 5.32 Å². The fraction of sp³-hybridized carbons (Fsp3) is 0.333. The molecule has 104 valence electrons. The first-order chi connectivity index (χ1) is 8.93. The Morgan fingerprint density at radius 2 is 2.16 bits per heavy atom. The van der Waals surface area contributed by atoms with E-state index in [1.165, 1.54) is 20.1 Å². The number of benzene rings is 1. The van der Waals surface area contributed by atoms with E-state index < -0.39 is 18.0 Å². The second-order valence-electron chi connectivity index (χ2n) is 3.68. The Bertz CT molecular complexity index is 477. The molecule has 0 unspecified atom stereocenters. The van der Waals surface area contributed by atoms with Gasteiger partial charge in [0, 0.05) is 5.02 Å². The van der Waals surface area contributed by atoms with E-state index in [1.807, 2.05) is 0 Å². The standard InChI is InChI=1S/C12H14ClNO5/c1-7(12(16)17)19-6-11(15)14-9-5-8(13)3-4-10(9)18-2/h3-5,7H,6H2,1-2H3,(H,14,15)(H,16,17)/t7-/m1/s1. The molecule has 19 heavy (non-hydrogen) atoms. The Morgan fingerprint density at radius 3 is 2.74 bits per heavy atom. The molecule has 0 aliphatic heterocycles. The number of halogens is 1. The number of methoxy groups -OCH3 is 1. The lowest BCUT2D eigenvalue weighted by molar-refractivity contribution is -0.150. The van der Waals surface area contributed by atoms with E-state index >= 15 is 0 Å². The summed E-state index contributed by atoms with van der Waals surface area (Å²) in [4.78, 5) is 22.1. The van der Waals surface area contributed by atoms with Crippen molar-refractivity contribution in [3.63, 3.8) is 0 Å². The van der Waals surface area contributed by atoms with Gasteiger partial charge in [0.15, 0.2) is 6.10 Å². The van der Waals surface area contributed by atoms with Crippen LogP contribution in [0.3, 0.4) is 0 Å². The molecule has 1 aromatic rings. The highest BCUT2D eigenvalue weighted by molar-refractivity contribution is 6.31. The van der Waals surface area contributed by atoms with E-state index in [9.17, 15) is 9.59 Å². The molecule has 1 aromatic carbocycles. The Hall–Kier alpha value is -1.79. The van der Waals surface area contributed by atoms with Crippen molar-refractivity contribution in [2.75, 3.05) is 19.0 Å². The average Bonchev–Trinajstić information content (AvgIpc) is 2.36. The smallest absolute Gasteiger partial charge is 0.332 e. The molecule has 6 nitrogen and oxygen atoms in total. The van der Waals surface area contributed by atoms with Crippen LogP contribution in [-0.2, 0) is 14.3 Å². The number of aliphatic carboxylic acids is 1. The maximum absolute atomic E-state index is 11.6. The van der Waals surface area contributed by atoms with Crippen LogP contribution in [0.2, 0.25) is 5.02 Å². The number of carbonyl (C=O) groups is 2. The van der Waals surface area contributed by atoms with Crippen LogP contribution in [0.1, 0.15) is 6.92 Å². The summed E-state index contributed by atoms with van der Waals surface area (Å²) in [6, 6.07) is 4.76. The number of hydrogen-bond acceptors (Lipinski definition) is 4. The second kappa shape index (κ2) is 6.96. The van der Waals surface area contributed by atoms with Gasteiger partial charge >= 0.3 is 5.97 Å². The van der Waals surface area contributed by atoms with Crippen molar-refractivity contribution in [3.8, 4) is 5.75 Å². The zero-order valence-electron chi connectivity index (χ0n) is 10.5. The molecule has 0 spiro atoms. The Labute approximate surface area is 115 Å². The van der Waals surface area contributed by atoms with Gasteiger partial charge in [0.25, 0.3) is 5.91 Å². The molecule has 0 bridgehead atoms. The molecule has 1 atom stereocenters. The number of hydrogen-bond donors (Lipinski definition) is 2. The van der Waals surface area contributed by atoms with Crippen molar-refractivity contribution in [3.05, 3.63) is 23.2 Å². The summed E-state index contributed by atoms with van der Waals surface area (Å²) in [7, 11) is 1.46. The van der Waals surface area contributed by atoms with Crippen LogP contribution in [-0.4, -0.2) is 36.8 Å². The van der Waals surface area contributed by atoms with E-state index in [0.717, 1.165) is 0 Å². The first kappa shape index (κ1) is 15.3. The SMILES string of the molecule is COc1ccc(Cl)cc1NC(=O)CO[C@H](C)C(=O)O. The molecule has 0 fully saturated rings. The molecule has 2 N–H and O–H groups in total. The highest BCUT2D eigenvalue weighted by Crippen LogP contribution is 2.27. The minimum Gasteiger partial charge on any atom is -0.495 e. The molecule has 0 saturated carbocycles. The molecule has 0 radical (unpaired) electrons. The molecule has 0 heterocycles. The number of carboxylic acid groups (broad SMARTS) is 1. The van der Waals surface area contributed by atoms with Crippen molar-refractivity contribution in [2.45, 2.75) is 13.0 Å². The fourth-order valence-electron chi connectivity index (χ4n) is 1.24. The van der Waals surface area contributed by atoms with Gasteiger partial charge in [-0.15, -0.1) is 0 Å². The van der Waals surface area contributed by atoms with Gasteiger partial charge in [-0.25, -0.2) is 4.79 Å². The van der Waals surface area contributed by atoms with E-state index in [1.54, 1.807) is 12.1 Å². The number of carbonyl (C=O) groups excluding carboxylic acids is 1. The molecule has 0 aliphatic carbocycles. The molecule has 0 aliphatic rings. The van der Waals surface area contributed by atoms with Gasteiger partial charge in [-0.05, 0) is 25.1 Å². The molecule has 7 heteroatoms. The van der Waals surface area contributed by atoms with E-state index in [0.29, 0.717) is 16.5 Å². The molecule has 1 rings (SSSR count). The van der Waals surface area contributed by atoms with Crippen molar-refractivity contribution in [2.24, 2.45) is 0 Å². The van der Waals surface area contributed by atoms with Crippen molar-refractivity contribution in [1.29, 1.82) is 0 Å². The molecular formula is C12H14ClNO5. The topological polar surface area (TPSA) is 84.9 Å². The first-order valence-electron chi connectivity index (χ1n) is 5.42. The lowest BCUT2D eigenvalue weighted by atomic mass is 10.3. The largest absolute Gasteiger partial charge is 0.495 e. The number of anilines is 1. The summed E-state index contributed by atoms with van der Waals surface area (Å²) in [5, 5.41) is 11.6. The molecule has 0 saturated heterocycles. The Balaban J connectivity index is 2.62. The zero-order valence-corrected chi connectivity index (χ0v) is 11.2. The number of ether oxygens (including phenoxy) is 2. The summed E-state index contributed by atoms with van der Waals surface area (Å²) >= 11 is 5.81. The lowest BCUT2D eigenvalue weighted by Gasteiger charge is -2.12. The van der Waals surface area contributed by atoms with Gasteiger partial charge in [-0.1, -0.05) is 11.6 Å². The normalized spacial score (nSPS) is 11.7. The van der Waals surface area contributed by atoms with Crippen LogP contribution in [0, 0.1) is 0 Å². The zero-order chi connectivity index (χ0) is 14.4. The van der Waals surface area contributed by atoms with Crippen LogP contribution in [0.4, 0.5) is 5.69 Å². The van der Waals surface area contributed by atoms with Crippen molar-refractivity contribution < 1.29 is 24.2 Å². The molecular weight excluding hydrogens is 274 g/mol. The van der Waals surface area contributed by atoms with Gasteiger partial charge < -0.3 is 19.9 Å². The van der Waals surface area contributed by atoms with Gasteiger partial charge in [0.1, 0.15) is 12.4 Å². The maximum Gasteiger partial charge on any atom is 0.332 e. The first-order valence-corrected chi connectivity index (χ1v) is 5.79. The second-order valence-corrected chi connectivity index (χ2v) is 4.12. The summed E-state index contributed by atoms with van der Waals surface area (Å²) < 4.78 is 9.91. The van der Waals surface area contributed by atoms with Gasteiger partial charge in [-0.2, -0.15) is 0 Å². The monoisotopic (exact) mass is 287 g/mol. The van der Waals surface area contributed by atoms with Gasteiger partial charge in [0.05, 0.1) is 12.8 Å². The maximum atomic E-state index is 11.6. The highest BCUT2D eigenvalue weighted by atomic mass is 35.5. The average molecular weight is 288 g/mol. The third-order valence-electron chi connectivity index (χ3n) is 2.25. The van der Waals surface area contributed by atoms with Gasteiger partial charge in [0.2, 0.25) is 0 Å². The van der Waals surface area contributed by atoms with Crippen LogP contribution in [0.5, 0.6) is 5.75 Å². The summed E-state index contributed by atoms with van der Waals surface area (Å²) in [5.41, 5.74) is 0.395. The van der Waals surface area contributed by atoms with E-state index in [-0.39, 0.29) is 6.61 Å². The number of nitrogens with one attached hydrogen (secondary N) is 1. The van der Waals surface area contributed by atoms with Gasteiger partial charge in [-0.3, -0.25) is 4.79 Å². The van der Waals surface area contributed by atoms with E-state index in [4.69, 9.17) is 26.2 Å². The van der Waals surface area contributed by atoms with Crippen LogP contribution < -0.4 is 10.1 Å². The number of carboxylic acids is 1. The Kier molecular flexibility index (Phi) is 5.59. The van der Waals surface area contributed by atoms with Crippen molar-refractivity contribution in [1.82, 2.24) is 0 Å². The predicted molar refractivity (Wildman–Crippen MR) is 69.7 cm³/mol. The van der Waals surface area contributed by atoms with Crippen LogP contribution in [0.15, 0.2) is 18.2 Å². The highest BCUT2D eigenvalue weighted by Gasteiger charge is 2.14. The number of rotatable bonds is 6. The molecule has 1 amide bonds. The van der Waals surface area contributed by atoms with Crippen molar-refractivity contribution >= 4 is 29.2 Å². The molecule has 0 aromatic heterocycles. The summed E-state index contributed by atoms with van der Waals surface area (Å²) in [6.07, 6.45) is -1.05. The summed E-state index contributed by atoms with van der Waals surface area (Å²) in [6.45, 7) is 0.971. The minimum absolute atomic E-state index is 0.372. The lowest BCUT2D eigenvalue weighted by Crippen LogP contribution is -2.26. The predicted octanol–water partition coefficient (Wildman–Crippen LogP) is 1.78. The van der Waals surface area contributed by atoms with Crippen LogP contribution >= 0.6 is 11.6 Å². The Morgan fingerprint density at radius 1 is 1.47 bits per heavy atom. The number of amides is 1. The minimum atomic E-state index is -1.13. The fourth-order valence-corrected chi connectivity index (χ4v) is 1.41. The third-order valence-corrected chi connectivity index (χ3v) is 2.48.